The van der Waals surface area contributed by atoms with Gasteiger partial charge in [0.05, 0.1) is 5.38 Å². The third kappa shape index (κ3) is 2.87. The molecule has 0 spiro atoms. The lowest BCUT2D eigenvalue weighted by molar-refractivity contribution is 1.15. The molecule has 0 bridgehead atoms. The quantitative estimate of drug-likeness (QED) is 0.535. The Morgan fingerprint density at radius 3 is 2.29 bits per heavy atom. The number of benzene rings is 1. The number of thioether (sulfide) groups is 1. The summed E-state index contributed by atoms with van der Waals surface area (Å²) < 4.78 is 0. The van der Waals surface area contributed by atoms with Gasteiger partial charge in [-0.1, -0.05) is 12.1 Å². The Balaban J connectivity index is 2.30. The van der Waals surface area contributed by atoms with Crippen LogP contribution in [0.15, 0.2) is 35.2 Å². The van der Waals surface area contributed by atoms with Crippen molar-refractivity contribution in [2.75, 3.05) is 6.26 Å². The van der Waals surface area contributed by atoms with Crippen molar-refractivity contribution in [1.82, 2.24) is 0 Å². The Morgan fingerprint density at radius 1 is 1.18 bits per heavy atom. The normalized spacial score (nSPS) is 12.7. The molecule has 0 fully saturated rings. The minimum absolute atomic E-state index is 0.0235. The van der Waals surface area contributed by atoms with Gasteiger partial charge < -0.3 is 0 Å². The van der Waals surface area contributed by atoms with Crippen molar-refractivity contribution >= 4 is 34.7 Å². The van der Waals surface area contributed by atoms with E-state index >= 15 is 0 Å². The summed E-state index contributed by atoms with van der Waals surface area (Å²) in [6, 6.07) is 10.7. The molecule has 17 heavy (non-hydrogen) atoms. The molecule has 0 saturated heterocycles. The third-order valence-corrected chi connectivity index (χ3v) is 5.28. The minimum Gasteiger partial charge on any atom is -0.143 e. The molecule has 1 aromatic heterocycles. The second-order valence-corrected chi connectivity index (χ2v) is 6.64. The smallest absolute Gasteiger partial charge is 0.0930 e. The van der Waals surface area contributed by atoms with Crippen LogP contribution in [-0.2, 0) is 0 Å². The average Bonchev–Trinajstić information content (AvgIpc) is 2.68. The Hall–Kier alpha value is -0.440. The van der Waals surface area contributed by atoms with Gasteiger partial charge in [0, 0.05) is 14.6 Å². The minimum atomic E-state index is -0.0235. The largest absolute Gasteiger partial charge is 0.143 e. The molecular formula is C14H15ClS2. The van der Waals surface area contributed by atoms with E-state index < -0.39 is 0 Å². The van der Waals surface area contributed by atoms with Crippen LogP contribution in [0, 0.1) is 13.8 Å². The van der Waals surface area contributed by atoms with Crippen LogP contribution in [-0.4, -0.2) is 6.26 Å². The van der Waals surface area contributed by atoms with E-state index in [4.69, 9.17) is 11.6 Å². The number of hydrogen-bond acceptors (Lipinski definition) is 2. The summed E-state index contributed by atoms with van der Waals surface area (Å²) in [5.74, 6) is 0. The molecule has 0 N–H and O–H groups in total. The van der Waals surface area contributed by atoms with Crippen molar-refractivity contribution in [2.24, 2.45) is 0 Å². The van der Waals surface area contributed by atoms with Crippen molar-refractivity contribution in [1.29, 1.82) is 0 Å². The number of hydrogen-bond donors (Lipinski definition) is 0. The molecule has 0 nitrogen and oxygen atoms in total. The fourth-order valence-electron chi connectivity index (χ4n) is 1.84. The van der Waals surface area contributed by atoms with Crippen LogP contribution in [0.5, 0.6) is 0 Å². The Morgan fingerprint density at radius 2 is 1.82 bits per heavy atom. The lowest BCUT2D eigenvalue weighted by atomic mass is 10.1. The highest BCUT2D eigenvalue weighted by Gasteiger charge is 2.15. The molecule has 2 aromatic rings. The molecule has 90 valence electrons. The standard InChI is InChI=1S/C14H15ClS2/c1-9-8-10(2)17-14(9)13(15)11-4-6-12(16-3)7-5-11/h4-8,13H,1-3H3. The summed E-state index contributed by atoms with van der Waals surface area (Å²) >= 11 is 10.1. The number of halogens is 1. The van der Waals surface area contributed by atoms with Gasteiger partial charge in [-0.15, -0.1) is 34.7 Å². The lowest BCUT2D eigenvalue weighted by Crippen LogP contribution is -1.91. The van der Waals surface area contributed by atoms with Gasteiger partial charge in [-0.25, -0.2) is 0 Å². The van der Waals surface area contributed by atoms with Crippen LogP contribution < -0.4 is 0 Å². The maximum Gasteiger partial charge on any atom is 0.0930 e. The molecule has 0 aliphatic carbocycles. The number of thiophene rings is 1. The van der Waals surface area contributed by atoms with Gasteiger partial charge in [0.1, 0.15) is 0 Å². The zero-order valence-electron chi connectivity index (χ0n) is 10.2. The van der Waals surface area contributed by atoms with Gasteiger partial charge in [-0.2, -0.15) is 0 Å². The maximum absolute atomic E-state index is 6.55. The summed E-state index contributed by atoms with van der Waals surface area (Å²) in [6.07, 6.45) is 2.08. The fraction of sp³-hybridized carbons (Fsp3) is 0.286. The zero-order valence-corrected chi connectivity index (χ0v) is 12.5. The van der Waals surface area contributed by atoms with Gasteiger partial charge in [-0.3, -0.25) is 0 Å². The molecule has 1 atom stereocenters. The van der Waals surface area contributed by atoms with Gasteiger partial charge >= 0.3 is 0 Å². The number of alkyl halides is 1. The van der Waals surface area contributed by atoms with E-state index in [1.807, 2.05) is 0 Å². The maximum atomic E-state index is 6.55. The van der Waals surface area contributed by atoms with E-state index in [0.717, 1.165) is 0 Å². The molecule has 0 radical (unpaired) electrons. The van der Waals surface area contributed by atoms with Crippen molar-refractivity contribution in [3.63, 3.8) is 0 Å². The van der Waals surface area contributed by atoms with Crippen molar-refractivity contribution in [2.45, 2.75) is 24.1 Å². The molecule has 1 aromatic carbocycles. The summed E-state index contributed by atoms with van der Waals surface area (Å²) in [7, 11) is 0. The Bertz CT molecular complexity index is 499. The van der Waals surface area contributed by atoms with E-state index in [1.54, 1.807) is 23.1 Å². The van der Waals surface area contributed by atoms with Gasteiger partial charge in [0.2, 0.25) is 0 Å². The summed E-state index contributed by atoms with van der Waals surface area (Å²) in [6.45, 7) is 4.26. The second-order valence-electron chi connectivity index (χ2n) is 4.04. The lowest BCUT2D eigenvalue weighted by Gasteiger charge is -2.09. The monoisotopic (exact) mass is 282 g/mol. The van der Waals surface area contributed by atoms with Crippen molar-refractivity contribution in [3.05, 3.63) is 51.2 Å². The second kappa shape index (κ2) is 5.47. The summed E-state index contributed by atoms with van der Waals surface area (Å²) in [5.41, 5.74) is 2.47. The molecule has 0 aliphatic rings. The summed E-state index contributed by atoms with van der Waals surface area (Å²) in [4.78, 5) is 3.86. The van der Waals surface area contributed by atoms with Crippen LogP contribution in [0.25, 0.3) is 0 Å². The van der Waals surface area contributed by atoms with Gasteiger partial charge in [0.25, 0.3) is 0 Å². The highest BCUT2D eigenvalue weighted by atomic mass is 35.5. The Kier molecular flexibility index (Phi) is 4.18. The van der Waals surface area contributed by atoms with Crippen LogP contribution in [0.1, 0.15) is 26.3 Å². The molecular weight excluding hydrogens is 268 g/mol. The van der Waals surface area contributed by atoms with E-state index in [9.17, 15) is 0 Å². The molecule has 1 heterocycles. The number of rotatable bonds is 3. The molecule has 1 unspecified atom stereocenters. The first-order chi connectivity index (χ1) is 8.11. The van der Waals surface area contributed by atoms with Gasteiger partial charge in [0.15, 0.2) is 0 Å². The third-order valence-electron chi connectivity index (χ3n) is 2.72. The molecule has 0 saturated carbocycles. The van der Waals surface area contributed by atoms with Crippen LogP contribution in [0.4, 0.5) is 0 Å². The zero-order chi connectivity index (χ0) is 12.4. The average molecular weight is 283 g/mol. The van der Waals surface area contributed by atoms with Gasteiger partial charge in [-0.05, 0) is 49.4 Å². The first kappa shape index (κ1) is 13.0. The predicted molar refractivity (Wildman–Crippen MR) is 79.7 cm³/mol. The number of aryl methyl sites for hydroxylation is 2. The van der Waals surface area contributed by atoms with E-state index in [2.05, 4.69) is 50.4 Å². The molecule has 0 amide bonds. The topological polar surface area (TPSA) is 0 Å². The highest BCUT2D eigenvalue weighted by Crippen LogP contribution is 2.36. The van der Waals surface area contributed by atoms with Crippen LogP contribution in [0.3, 0.4) is 0 Å². The molecule has 3 heteroatoms. The molecule has 2 rings (SSSR count). The van der Waals surface area contributed by atoms with E-state index in [-0.39, 0.29) is 5.38 Å². The van der Waals surface area contributed by atoms with Crippen LogP contribution >= 0.6 is 34.7 Å². The SMILES string of the molecule is CSc1ccc(C(Cl)c2sc(C)cc2C)cc1. The van der Waals surface area contributed by atoms with Crippen molar-refractivity contribution < 1.29 is 0 Å². The fourth-order valence-corrected chi connectivity index (χ4v) is 3.74. The van der Waals surface area contributed by atoms with Crippen LogP contribution in [0.2, 0.25) is 0 Å². The molecule has 0 aliphatic heterocycles. The highest BCUT2D eigenvalue weighted by molar-refractivity contribution is 7.98. The predicted octanol–water partition coefficient (Wildman–Crippen LogP) is 5.42. The van der Waals surface area contributed by atoms with Crippen molar-refractivity contribution in [3.8, 4) is 0 Å². The Labute approximate surface area is 116 Å². The first-order valence-corrected chi connectivity index (χ1v) is 7.94. The van der Waals surface area contributed by atoms with E-state index in [1.165, 1.54) is 25.8 Å². The first-order valence-electron chi connectivity index (χ1n) is 5.46. The summed E-state index contributed by atoms with van der Waals surface area (Å²) in [5, 5.41) is -0.0235. The van der Waals surface area contributed by atoms with E-state index in [0.29, 0.717) is 0 Å².